The Bertz CT molecular complexity index is 704. The van der Waals surface area contributed by atoms with Crippen molar-refractivity contribution in [3.63, 3.8) is 0 Å². The number of nitrogens with one attached hydrogen (secondary N) is 2. The van der Waals surface area contributed by atoms with E-state index in [1.165, 1.54) is 12.1 Å². The zero-order valence-corrected chi connectivity index (χ0v) is 14.5. The van der Waals surface area contributed by atoms with E-state index in [1.807, 2.05) is 13.0 Å². The van der Waals surface area contributed by atoms with Crippen LogP contribution in [0.5, 0.6) is 0 Å². The van der Waals surface area contributed by atoms with Gasteiger partial charge in [-0.1, -0.05) is 27.5 Å². The molecule has 23 heavy (non-hydrogen) atoms. The SMILES string of the molecule is Cc1cc(NC(=O)CC(=O)Nc2ccc(F)c(Cl)c2)ccc1Br. The highest BCUT2D eigenvalue weighted by molar-refractivity contribution is 9.10. The van der Waals surface area contributed by atoms with Gasteiger partial charge in [0.05, 0.1) is 5.02 Å². The Hall–Kier alpha value is -1.92. The number of hydrogen-bond donors (Lipinski definition) is 2. The van der Waals surface area contributed by atoms with Gasteiger partial charge in [-0.3, -0.25) is 9.59 Å². The Balaban J connectivity index is 1.92. The molecule has 7 heteroatoms. The zero-order valence-electron chi connectivity index (χ0n) is 12.1. The summed E-state index contributed by atoms with van der Waals surface area (Å²) in [6, 6.07) is 9.13. The highest BCUT2D eigenvalue weighted by Gasteiger charge is 2.11. The molecule has 0 aromatic heterocycles. The number of carbonyl (C=O) groups excluding carboxylic acids is 2. The second-order valence-electron chi connectivity index (χ2n) is 4.87. The maximum absolute atomic E-state index is 13.0. The molecule has 2 aromatic rings. The standard InChI is InChI=1S/C16H13BrClFN2O2/c1-9-6-10(2-4-12(9)17)20-15(22)8-16(23)21-11-3-5-14(19)13(18)7-11/h2-7H,8H2,1H3,(H,20,22)(H,21,23). The van der Waals surface area contributed by atoms with Crippen LogP contribution in [0.3, 0.4) is 0 Å². The monoisotopic (exact) mass is 398 g/mol. The predicted octanol–water partition coefficient (Wildman–Crippen LogP) is 4.52. The summed E-state index contributed by atoms with van der Waals surface area (Å²) in [5.74, 6) is -1.54. The number of benzene rings is 2. The van der Waals surface area contributed by atoms with Gasteiger partial charge in [0.2, 0.25) is 11.8 Å². The maximum atomic E-state index is 13.0. The minimum absolute atomic E-state index is 0.0995. The number of aryl methyl sites for hydroxylation is 1. The van der Waals surface area contributed by atoms with Crippen molar-refractivity contribution in [2.24, 2.45) is 0 Å². The zero-order chi connectivity index (χ0) is 17.0. The molecule has 0 bridgehead atoms. The van der Waals surface area contributed by atoms with Crippen LogP contribution in [0.4, 0.5) is 15.8 Å². The van der Waals surface area contributed by atoms with Gasteiger partial charge < -0.3 is 10.6 Å². The molecule has 0 heterocycles. The normalized spacial score (nSPS) is 10.3. The molecular formula is C16H13BrClFN2O2. The van der Waals surface area contributed by atoms with Crippen LogP contribution < -0.4 is 10.6 Å². The fourth-order valence-corrected chi connectivity index (χ4v) is 2.28. The van der Waals surface area contributed by atoms with Crippen LogP contribution in [0.25, 0.3) is 0 Å². The van der Waals surface area contributed by atoms with E-state index in [0.717, 1.165) is 16.1 Å². The third-order valence-corrected chi connectivity index (χ3v) is 4.15. The number of carbonyl (C=O) groups is 2. The summed E-state index contributed by atoms with van der Waals surface area (Å²) in [6.45, 7) is 1.89. The molecule has 0 aliphatic heterocycles. The molecule has 0 saturated carbocycles. The van der Waals surface area contributed by atoms with Crippen LogP contribution in [0, 0.1) is 12.7 Å². The molecule has 4 nitrogen and oxygen atoms in total. The van der Waals surface area contributed by atoms with Crippen LogP contribution >= 0.6 is 27.5 Å². The summed E-state index contributed by atoms with van der Waals surface area (Å²) < 4.78 is 14.0. The highest BCUT2D eigenvalue weighted by atomic mass is 79.9. The summed E-state index contributed by atoms with van der Waals surface area (Å²) in [5, 5.41) is 5.03. The van der Waals surface area contributed by atoms with Gasteiger partial charge in [0.25, 0.3) is 0 Å². The fourth-order valence-electron chi connectivity index (χ4n) is 1.85. The Labute approximate surface area is 146 Å². The quantitative estimate of drug-likeness (QED) is 0.743. The van der Waals surface area contributed by atoms with Crippen LogP contribution in [-0.4, -0.2) is 11.8 Å². The predicted molar refractivity (Wildman–Crippen MR) is 92.2 cm³/mol. The van der Waals surface area contributed by atoms with E-state index in [4.69, 9.17) is 11.6 Å². The van der Waals surface area contributed by atoms with Crippen LogP contribution in [-0.2, 0) is 9.59 Å². The molecule has 0 spiro atoms. The van der Waals surface area contributed by atoms with Gasteiger partial charge in [0, 0.05) is 15.8 Å². The Morgan fingerprint density at radius 1 is 1.09 bits per heavy atom. The Morgan fingerprint density at radius 3 is 2.22 bits per heavy atom. The molecule has 0 fully saturated rings. The van der Waals surface area contributed by atoms with Crippen LogP contribution in [0.15, 0.2) is 40.9 Å². The maximum Gasteiger partial charge on any atom is 0.233 e. The van der Waals surface area contributed by atoms with E-state index < -0.39 is 17.6 Å². The van der Waals surface area contributed by atoms with Crippen molar-refractivity contribution >= 4 is 50.7 Å². The van der Waals surface area contributed by atoms with Crippen molar-refractivity contribution in [2.45, 2.75) is 13.3 Å². The molecule has 0 saturated heterocycles. The van der Waals surface area contributed by atoms with E-state index >= 15 is 0 Å². The molecule has 2 aromatic carbocycles. The van der Waals surface area contributed by atoms with Gasteiger partial charge in [0.1, 0.15) is 12.2 Å². The van der Waals surface area contributed by atoms with E-state index in [0.29, 0.717) is 11.4 Å². The molecule has 0 radical (unpaired) electrons. The average Bonchev–Trinajstić information content (AvgIpc) is 2.46. The number of rotatable bonds is 4. The molecule has 0 unspecified atom stereocenters. The van der Waals surface area contributed by atoms with Crippen molar-refractivity contribution in [1.29, 1.82) is 0 Å². The van der Waals surface area contributed by atoms with E-state index in [9.17, 15) is 14.0 Å². The molecular weight excluding hydrogens is 387 g/mol. The third kappa shape index (κ3) is 5.04. The second-order valence-corrected chi connectivity index (χ2v) is 6.13. The average molecular weight is 400 g/mol. The number of halogens is 3. The van der Waals surface area contributed by atoms with Crippen molar-refractivity contribution in [2.75, 3.05) is 10.6 Å². The molecule has 120 valence electrons. The lowest BCUT2D eigenvalue weighted by molar-refractivity contribution is -0.123. The van der Waals surface area contributed by atoms with E-state index in [-0.39, 0.29) is 11.4 Å². The van der Waals surface area contributed by atoms with E-state index in [2.05, 4.69) is 26.6 Å². The van der Waals surface area contributed by atoms with Crippen molar-refractivity contribution in [1.82, 2.24) is 0 Å². The molecule has 0 aliphatic carbocycles. The first-order valence-corrected chi connectivity index (χ1v) is 7.83. The van der Waals surface area contributed by atoms with Crippen LogP contribution in [0.1, 0.15) is 12.0 Å². The summed E-state index contributed by atoms with van der Waals surface area (Å²) >= 11 is 9.00. The fraction of sp³-hybridized carbons (Fsp3) is 0.125. The van der Waals surface area contributed by atoms with Crippen molar-refractivity contribution < 1.29 is 14.0 Å². The number of amides is 2. The topological polar surface area (TPSA) is 58.2 Å². The number of anilines is 2. The molecule has 2 amide bonds. The molecule has 2 N–H and O–H groups in total. The lowest BCUT2D eigenvalue weighted by atomic mass is 10.2. The molecule has 2 rings (SSSR count). The number of hydrogen-bond acceptors (Lipinski definition) is 2. The smallest absolute Gasteiger partial charge is 0.233 e. The minimum Gasteiger partial charge on any atom is -0.326 e. The van der Waals surface area contributed by atoms with E-state index in [1.54, 1.807) is 12.1 Å². The lowest BCUT2D eigenvalue weighted by Gasteiger charge is -2.08. The first kappa shape index (κ1) is 17.4. The third-order valence-electron chi connectivity index (χ3n) is 2.97. The largest absolute Gasteiger partial charge is 0.326 e. The Morgan fingerprint density at radius 2 is 1.65 bits per heavy atom. The summed E-state index contributed by atoms with van der Waals surface area (Å²) in [5.41, 5.74) is 1.90. The van der Waals surface area contributed by atoms with Gasteiger partial charge >= 0.3 is 0 Å². The summed E-state index contributed by atoms with van der Waals surface area (Å²) in [6.07, 6.45) is -0.357. The van der Waals surface area contributed by atoms with Gasteiger partial charge in [-0.15, -0.1) is 0 Å². The highest BCUT2D eigenvalue weighted by Crippen LogP contribution is 2.21. The Kier molecular flexibility index (Phi) is 5.74. The molecule has 0 aliphatic rings. The van der Waals surface area contributed by atoms with Crippen molar-refractivity contribution in [3.8, 4) is 0 Å². The van der Waals surface area contributed by atoms with Crippen LogP contribution in [0.2, 0.25) is 5.02 Å². The van der Waals surface area contributed by atoms with Gasteiger partial charge in [-0.05, 0) is 48.9 Å². The second kappa shape index (κ2) is 7.57. The van der Waals surface area contributed by atoms with Gasteiger partial charge in [-0.2, -0.15) is 0 Å². The van der Waals surface area contributed by atoms with Crippen molar-refractivity contribution in [3.05, 3.63) is 57.3 Å². The summed E-state index contributed by atoms with van der Waals surface area (Å²) in [7, 11) is 0. The first-order chi connectivity index (χ1) is 10.8. The molecule has 0 atom stereocenters. The lowest BCUT2D eigenvalue weighted by Crippen LogP contribution is -2.21. The minimum atomic E-state index is -0.576. The van der Waals surface area contributed by atoms with Gasteiger partial charge in [-0.25, -0.2) is 4.39 Å². The summed E-state index contributed by atoms with van der Waals surface area (Å²) in [4.78, 5) is 23.7. The van der Waals surface area contributed by atoms with Gasteiger partial charge in [0.15, 0.2) is 0 Å². The first-order valence-electron chi connectivity index (χ1n) is 6.66.